The standard InChI is InChI=1S/C24H19N3O4S/c1-16-6-8-17(9-7-16)15-31-21-5-3-2-4-18(21)14-25-26-24(28)23-13-19-12-20(27(29)30)10-11-22(19)32-23/h2-14H,15H2,1H3,(H,26,28)/b25-14-. The zero-order valence-corrected chi connectivity index (χ0v) is 18.0. The van der Waals surface area contributed by atoms with E-state index < -0.39 is 4.92 Å². The minimum atomic E-state index is -0.459. The van der Waals surface area contributed by atoms with Crippen LogP contribution in [0.3, 0.4) is 0 Å². The Hall–Kier alpha value is -4.04. The predicted molar refractivity (Wildman–Crippen MR) is 125 cm³/mol. The van der Waals surface area contributed by atoms with Gasteiger partial charge in [0, 0.05) is 27.8 Å². The predicted octanol–water partition coefficient (Wildman–Crippen LogP) is 5.46. The van der Waals surface area contributed by atoms with Crippen molar-refractivity contribution in [3.8, 4) is 5.75 Å². The van der Waals surface area contributed by atoms with Crippen LogP contribution < -0.4 is 10.2 Å². The van der Waals surface area contributed by atoms with Crippen molar-refractivity contribution >= 4 is 39.2 Å². The van der Waals surface area contributed by atoms with Crippen LogP contribution in [0.2, 0.25) is 0 Å². The number of non-ortho nitro benzene ring substituents is 1. The molecule has 4 aromatic rings. The molecule has 0 aliphatic rings. The molecule has 0 saturated heterocycles. The molecule has 4 rings (SSSR count). The number of aryl methyl sites for hydroxylation is 1. The largest absolute Gasteiger partial charge is 0.488 e. The zero-order chi connectivity index (χ0) is 22.5. The van der Waals surface area contributed by atoms with Crippen LogP contribution >= 0.6 is 11.3 Å². The van der Waals surface area contributed by atoms with E-state index in [1.54, 1.807) is 12.1 Å². The maximum Gasteiger partial charge on any atom is 0.281 e. The molecule has 0 bridgehead atoms. The highest BCUT2D eigenvalue weighted by Crippen LogP contribution is 2.29. The number of rotatable bonds is 7. The Bertz CT molecular complexity index is 1310. The molecule has 0 radical (unpaired) electrons. The summed E-state index contributed by atoms with van der Waals surface area (Å²) in [7, 11) is 0. The minimum absolute atomic E-state index is 0.0116. The van der Waals surface area contributed by atoms with E-state index in [9.17, 15) is 14.9 Å². The number of nitro groups is 1. The molecule has 3 aromatic carbocycles. The van der Waals surface area contributed by atoms with E-state index in [1.807, 2.05) is 55.5 Å². The Morgan fingerprint density at radius 2 is 1.91 bits per heavy atom. The van der Waals surface area contributed by atoms with E-state index in [1.165, 1.54) is 35.2 Å². The van der Waals surface area contributed by atoms with Gasteiger partial charge in [0.25, 0.3) is 11.6 Å². The summed E-state index contributed by atoms with van der Waals surface area (Å²) in [5.74, 6) is 0.267. The maximum absolute atomic E-state index is 12.5. The third-order valence-electron chi connectivity index (χ3n) is 4.74. The molecule has 160 valence electrons. The van der Waals surface area contributed by atoms with Gasteiger partial charge in [0.1, 0.15) is 12.4 Å². The van der Waals surface area contributed by atoms with Crippen LogP contribution in [-0.4, -0.2) is 17.0 Å². The average molecular weight is 446 g/mol. The Morgan fingerprint density at radius 1 is 1.12 bits per heavy atom. The maximum atomic E-state index is 12.5. The molecule has 32 heavy (non-hydrogen) atoms. The number of nitrogens with zero attached hydrogens (tertiary/aromatic N) is 2. The van der Waals surface area contributed by atoms with Gasteiger partial charge < -0.3 is 4.74 Å². The molecule has 0 aliphatic carbocycles. The zero-order valence-electron chi connectivity index (χ0n) is 17.1. The number of hydrogen-bond acceptors (Lipinski definition) is 6. The van der Waals surface area contributed by atoms with Crippen LogP contribution in [0.15, 0.2) is 77.9 Å². The molecule has 0 fully saturated rings. The molecule has 1 heterocycles. The van der Waals surface area contributed by atoms with Crippen LogP contribution in [0.25, 0.3) is 10.1 Å². The number of carbonyl (C=O) groups is 1. The van der Waals surface area contributed by atoms with E-state index in [2.05, 4.69) is 10.5 Å². The second kappa shape index (κ2) is 9.40. The monoisotopic (exact) mass is 445 g/mol. The summed E-state index contributed by atoms with van der Waals surface area (Å²) in [4.78, 5) is 23.4. The van der Waals surface area contributed by atoms with E-state index >= 15 is 0 Å². The van der Waals surface area contributed by atoms with E-state index in [0.717, 1.165) is 15.8 Å². The lowest BCUT2D eigenvalue weighted by Crippen LogP contribution is -2.16. The highest BCUT2D eigenvalue weighted by atomic mass is 32.1. The number of para-hydroxylation sites is 1. The fraction of sp³-hybridized carbons (Fsp3) is 0.0833. The molecule has 0 aliphatic heterocycles. The second-order valence-corrected chi connectivity index (χ2v) is 8.18. The van der Waals surface area contributed by atoms with Crippen molar-refractivity contribution in [1.82, 2.24) is 5.43 Å². The number of hydrogen-bond donors (Lipinski definition) is 1. The van der Waals surface area contributed by atoms with Gasteiger partial charge in [-0.05, 0) is 36.8 Å². The molecule has 1 N–H and O–H groups in total. The van der Waals surface area contributed by atoms with Crippen molar-refractivity contribution in [3.63, 3.8) is 0 Å². The van der Waals surface area contributed by atoms with Crippen LogP contribution in [-0.2, 0) is 6.61 Å². The topological polar surface area (TPSA) is 93.8 Å². The van der Waals surface area contributed by atoms with Gasteiger partial charge in [0.15, 0.2) is 0 Å². The number of amides is 1. The second-order valence-electron chi connectivity index (χ2n) is 7.10. The molecule has 8 heteroatoms. The average Bonchev–Trinajstić information content (AvgIpc) is 3.23. The first kappa shape index (κ1) is 21.2. The van der Waals surface area contributed by atoms with Gasteiger partial charge in [0.05, 0.1) is 16.0 Å². The summed E-state index contributed by atoms with van der Waals surface area (Å²) in [5.41, 5.74) is 5.47. The summed E-state index contributed by atoms with van der Waals surface area (Å²) in [6.07, 6.45) is 1.53. The first-order valence-electron chi connectivity index (χ1n) is 9.78. The lowest BCUT2D eigenvalue weighted by Gasteiger charge is -2.09. The van der Waals surface area contributed by atoms with Crippen molar-refractivity contribution in [1.29, 1.82) is 0 Å². The van der Waals surface area contributed by atoms with Gasteiger partial charge in [-0.3, -0.25) is 14.9 Å². The summed E-state index contributed by atoms with van der Waals surface area (Å²) >= 11 is 1.25. The van der Waals surface area contributed by atoms with Crippen LogP contribution in [0, 0.1) is 17.0 Å². The number of nitro benzene ring substituents is 1. The minimum Gasteiger partial charge on any atom is -0.488 e. The molecular weight excluding hydrogens is 426 g/mol. The normalized spacial score (nSPS) is 11.0. The number of nitrogens with one attached hydrogen (secondary N) is 1. The summed E-state index contributed by atoms with van der Waals surface area (Å²) in [5, 5.41) is 15.6. The third kappa shape index (κ3) is 4.98. The lowest BCUT2D eigenvalue weighted by atomic mass is 10.1. The van der Waals surface area contributed by atoms with Crippen LogP contribution in [0.5, 0.6) is 5.75 Å². The van der Waals surface area contributed by atoms with Gasteiger partial charge in [-0.1, -0.05) is 42.0 Å². The number of fused-ring (bicyclic) bond motifs is 1. The summed E-state index contributed by atoms with van der Waals surface area (Å²) < 4.78 is 6.71. The summed E-state index contributed by atoms with van der Waals surface area (Å²) in [6, 6.07) is 21.7. The van der Waals surface area contributed by atoms with Gasteiger partial charge in [-0.25, -0.2) is 5.43 Å². The number of carbonyl (C=O) groups excluding carboxylic acids is 1. The third-order valence-corrected chi connectivity index (χ3v) is 5.85. The highest BCUT2D eigenvalue weighted by molar-refractivity contribution is 7.20. The number of thiophene rings is 1. The van der Waals surface area contributed by atoms with Gasteiger partial charge in [-0.15, -0.1) is 11.3 Å². The van der Waals surface area contributed by atoms with Gasteiger partial charge in [0.2, 0.25) is 0 Å². The molecule has 7 nitrogen and oxygen atoms in total. The van der Waals surface area contributed by atoms with Gasteiger partial charge >= 0.3 is 0 Å². The van der Waals surface area contributed by atoms with Crippen molar-refractivity contribution < 1.29 is 14.5 Å². The first-order valence-corrected chi connectivity index (χ1v) is 10.6. The molecule has 0 atom stereocenters. The Morgan fingerprint density at radius 3 is 2.69 bits per heavy atom. The number of benzene rings is 3. The smallest absolute Gasteiger partial charge is 0.281 e. The lowest BCUT2D eigenvalue weighted by molar-refractivity contribution is -0.384. The Labute approximate surface area is 188 Å². The quantitative estimate of drug-likeness (QED) is 0.232. The summed E-state index contributed by atoms with van der Waals surface area (Å²) in [6.45, 7) is 2.46. The van der Waals surface area contributed by atoms with Crippen molar-refractivity contribution in [2.24, 2.45) is 5.10 Å². The molecule has 0 saturated carbocycles. The number of ether oxygens (including phenoxy) is 1. The Kier molecular flexibility index (Phi) is 6.23. The van der Waals surface area contributed by atoms with E-state index in [4.69, 9.17) is 4.74 Å². The molecule has 0 spiro atoms. The van der Waals surface area contributed by atoms with Gasteiger partial charge in [-0.2, -0.15) is 5.10 Å². The van der Waals surface area contributed by atoms with Crippen molar-refractivity contribution in [2.45, 2.75) is 13.5 Å². The first-order chi connectivity index (χ1) is 15.5. The van der Waals surface area contributed by atoms with E-state index in [0.29, 0.717) is 22.6 Å². The molecule has 1 amide bonds. The Balaban J connectivity index is 1.42. The number of hydrazone groups is 1. The fourth-order valence-electron chi connectivity index (χ4n) is 3.04. The highest BCUT2D eigenvalue weighted by Gasteiger charge is 2.13. The van der Waals surface area contributed by atoms with Crippen LogP contribution in [0.4, 0.5) is 5.69 Å². The molecule has 0 unspecified atom stereocenters. The SMILES string of the molecule is Cc1ccc(COc2ccccc2/C=N\NC(=O)c2cc3cc([N+](=O)[O-])ccc3s2)cc1. The molecule has 1 aromatic heterocycles. The molecular formula is C24H19N3O4S. The van der Waals surface area contributed by atoms with Crippen molar-refractivity contribution in [3.05, 3.63) is 104 Å². The van der Waals surface area contributed by atoms with Crippen molar-refractivity contribution in [2.75, 3.05) is 0 Å². The van der Waals surface area contributed by atoms with E-state index in [-0.39, 0.29) is 11.6 Å². The van der Waals surface area contributed by atoms with Crippen LogP contribution in [0.1, 0.15) is 26.4 Å². The fourth-order valence-corrected chi connectivity index (χ4v) is 3.97.